The van der Waals surface area contributed by atoms with E-state index < -0.39 is 19.6 Å². The van der Waals surface area contributed by atoms with E-state index in [-0.39, 0.29) is 0 Å². The predicted molar refractivity (Wildman–Crippen MR) is 66.3 cm³/mol. The maximum atomic E-state index is 11.7. The summed E-state index contributed by atoms with van der Waals surface area (Å²) in [5, 5.41) is 0. The van der Waals surface area contributed by atoms with Crippen LogP contribution in [0.1, 0.15) is 27.4 Å². The summed E-state index contributed by atoms with van der Waals surface area (Å²) in [6, 6.07) is 3.41. The molecule has 0 saturated heterocycles. The van der Waals surface area contributed by atoms with Gasteiger partial charge in [0, 0.05) is 4.88 Å². The maximum absolute atomic E-state index is 11.7. The van der Waals surface area contributed by atoms with Crippen LogP contribution in [0.2, 0.25) is 0 Å². The largest absolute Gasteiger partial charge is 0.274 e. The summed E-state index contributed by atoms with van der Waals surface area (Å²) in [6.07, 6.45) is 1.08. The van der Waals surface area contributed by atoms with Crippen molar-refractivity contribution in [1.29, 1.82) is 0 Å². The summed E-state index contributed by atoms with van der Waals surface area (Å²) < 4.78 is 24.6. The molecule has 7 heteroatoms. The number of halogens is 1. The van der Waals surface area contributed by atoms with Crippen molar-refractivity contribution in [3.63, 3.8) is 0 Å². The Labute approximate surface area is 106 Å². The Bertz CT molecular complexity index is 531. The molecule has 0 atom stereocenters. The molecule has 1 N–H and O–H groups in total. The Morgan fingerprint density at radius 1 is 1.50 bits per heavy atom. The third-order valence-corrected chi connectivity index (χ3v) is 7.21. The lowest BCUT2D eigenvalue weighted by Gasteiger charge is -2.09. The maximum Gasteiger partial charge on any atom is 0.274 e. The first-order chi connectivity index (χ1) is 7.34. The van der Waals surface area contributed by atoms with Gasteiger partial charge in [-0.2, -0.15) is 0 Å². The zero-order valence-corrected chi connectivity index (χ0v) is 11.7. The van der Waals surface area contributed by atoms with Crippen molar-refractivity contribution in [3.8, 4) is 0 Å². The molecule has 0 radical (unpaired) electrons. The van der Waals surface area contributed by atoms with Crippen LogP contribution in [0.4, 0.5) is 0 Å². The van der Waals surface area contributed by atoms with Crippen LogP contribution in [0.25, 0.3) is 0 Å². The average molecular weight is 324 g/mol. The van der Waals surface area contributed by atoms with Gasteiger partial charge < -0.3 is 0 Å². The number of nitrogens with one attached hydrogen (secondary N) is 1. The molecule has 1 saturated carbocycles. The van der Waals surface area contributed by atoms with E-state index in [4.69, 9.17) is 0 Å². The van der Waals surface area contributed by atoms with Gasteiger partial charge in [0.05, 0.1) is 4.88 Å². The molecule has 2 rings (SSSR count). The van der Waals surface area contributed by atoms with Crippen molar-refractivity contribution in [3.05, 3.63) is 21.9 Å². The van der Waals surface area contributed by atoms with E-state index in [1.807, 2.05) is 6.92 Å². The molecule has 0 aliphatic heterocycles. The van der Waals surface area contributed by atoms with Crippen LogP contribution in [-0.4, -0.2) is 18.0 Å². The number of amides is 1. The van der Waals surface area contributed by atoms with E-state index in [1.54, 1.807) is 12.1 Å². The molecule has 1 fully saturated rings. The summed E-state index contributed by atoms with van der Waals surface area (Å²) in [5.41, 5.74) is 0. The summed E-state index contributed by atoms with van der Waals surface area (Å²) in [6.45, 7) is 1.86. The average Bonchev–Trinajstić information content (AvgIpc) is 2.77. The fraction of sp³-hybridized carbons (Fsp3) is 0.444. The van der Waals surface area contributed by atoms with Crippen molar-refractivity contribution in [1.82, 2.24) is 4.72 Å². The fourth-order valence-electron chi connectivity index (χ4n) is 1.19. The van der Waals surface area contributed by atoms with Gasteiger partial charge in [-0.25, -0.2) is 13.1 Å². The van der Waals surface area contributed by atoms with E-state index in [2.05, 4.69) is 20.7 Å². The van der Waals surface area contributed by atoms with Gasteiger partial charge in [0.15, 0.2) is 0 Å². The molecule has 1 aromatic heterocycles. The minimum atomic E-state index is -3.60. The van der Waals surface area contributed by atoms with Crippen LogP contribution in [0.5, 0.6) is 0 Å². The molecule has 1 aromatic rings. The van der Waals surface area contributed by atoms with Crippen molar-refractivity contribution < 1.29 is 13.2 Å². The van der Waals surface area contributed by atoms with Crippen LogP contribution in [0.3, 0.4) is 0 Å². The first-order valence-corrected chi connectivity index (χ1v) is 7.75. The van der Waals surface area contributed by atoms with Crippen LogP contribution >= 0.6 is 27.3 Å². The van der Waals surface area contributed by atoms with Gasteiger partial charge in [-0.3, -0.25) is 4.79 Å². The summed E-state index contributed by atoms with van der Waals surface area (Å²) in [4.78, 5) is 13.0. The molecule has 0 spiro atoms. The molecular formula is C9H10BrNO3S2. The molecule has 1 aliphatic rings. The standard InChI is InChI=1S/C9H10BrNO3S2/c1-6-2-3-7(15-6)8(12)11-16(13,14)9(10)4-5-9/h2-3H,4-5H2,1H3,(H,11,12). The first kappa shape index (κ1) is 12.1. The Morgan fingerprint density at radius 3 is 2.56 bits per heavy atom. The van der Waals surface area contributed by atoms with Crippen LogP contribution in [0, 0.1) is 6.92 Å². The highest BCUT2D eigenvalue weighted by atomic mass is 79.9. The number of hydrogen-bond donors (Lipinski definition) is 1. The summed E-state index contributed by atoms with van der Waals surface area (Å²) >= 11 is 4.39. The number of carbonyl (C=O) groups excluding carboxylic acids is 1. The lowest BCUT2D eigenvalue weighted by atomic mass is 10.4. The first-order valence-electron chi connectivity index (χ1n) is 4.66. The minimum absolute atomic E-state index is 0.415. The normalized spacial score (nSPS) is 18.1. The second kappa shape index (κ2) is 3.82. The van der Waals surface area contributed by atoms with Gasteiger partial charge in [-0.05, 0) is 31.9 Å². The van der Waals surface area contributed by atoms with E-state index >= 15 is 0 Å². The van der Waals surface area contributed by atoms with Crippen LogP contribution in [-0.2, 0) is 10.0 Å². The van der Waals surface area contributed by atoms with Crippen molar-refractivity contribution >= 4 is 43.2 Å². The van der Waals surface area contributed by atoms with Crippen LogP contribution in [0.15, 0.2) is 12.1 Å². The Morgan fingerprint density at radius 2 is 2.12 bits per heavy atom. The predicted octanol–water partition coefficient (Wildman–Crippen LogP) is 2.00. The number of sulfonamides is 1. The molecular weight excluding hydrogens is 314 g/mol. The highest BCUT2D eigenvalue weighted by Crippen LogP contribution is 2.48. The molecule has 0 unspecified atom stereocenters. The Balaban J connectivity index is 2.14. The summed E-state index contributed by atoms with van der Waals surface area (Å²) in [5.74, 6) is -0.552. The van der Waals surface area contributed by atoms with Crippen molar-refractivity contribution in [2.24, 2.45) is 0 Å². The van der Waals surface area contributed by atoms with E-state index in [0.717, 1.165) is 4.88 Å². The zero-order chi connectivity index (χ0) is 12.0. The number of carbonyl (C=O) groups is 1. The number of hydrogen-bond acceptors (Lipinski definition) is 4. The second-order valence-electron chi connectivity index (χ2n) is 3.73. The number of aryl methyl sites for hydroxylation is 1. The molecule has 1 amide bonds. The third kappa shape index (κ3) is 2.16. The van der Waals surface area contributed by atoms with E-state index in [9.17, 15) is 13.2 Å². The quantitative estimate of drug-likeness (QED) is 0.865. The topological polar surface area (TPSA) is 63.2 Å². The third-order valence-electron chi connectivity index (χ3n) is 2.32. The van der Waals surface area contributed by atoms with Gasteiger partial charge in [0.25, 0.3) is 15.9 Å². The van der Waals surface area contributed by atoms with Gasteiger partial charge in [0.2, 0.25) is 0 Å². The Kier molecular flexibility index (Phi) is 2.88. The van der Waals surface area contributed by atoms with Gasteiger partial charge in [-0.15, -0.1) is 11.3 Å². The zero-order valence-electron chi connectivity index (χ0n) is 8.49. The number of thiophene rings is 1. The molecule has 0 bridgehead atoms. The highest BCUT2D eigenvalue weighted by Gasteiger charge is 2.53. The second-order valence-corrected chi connectivity index (χ2v) is 9.05. The monoisotopic (exact) mass is 323 g/mol. The molecule has 1 aliphatic carbocycles. The molecule has 0 aromatic carbocycles. The molecule has 16 heavy (non-hydrogen) atoms. The molecule has 88 valence electrons. The molecule has 1 heterocycles. The van der Waals surface area contributed by atoms with Gasteiger partial charge in [-0.1, -0.05) is 15.9 Å². The number of rotatable bonds is 3. The SMILES string of the molecule is Cc1ccc(C(=O)NS(=O)(=O)C2(Br)CC2)s1. The van der Waals surface area contributed by atoms with Crippen LogP contribution < -0.4 is 4.72 Å². The lowest BCUT2D eigenvalue weighted by molar-refractivity contribution is 0.0985. The van der Waals surface area contributed by atoms with E-state index in [0.29, 0.717) is 17.7 Å². The van der Waals surface area contributed by atoms with Crippen molar-refractivity contribution in [2.45, 2.75) is 23.4 Å². The lowest BCUT2D eigenvalue weighted by Crippen LogP contribution is -2.36. The van der Waals surface area contributed by atoms with Gasteiger partial charge >= 0.3 is 0 Å². The Hall–Kier alpha value is -0.400. The number of alkyl halides is 1. The summed E-state index contributed by atoms with van der Waals surface area (Å²) in [7, 11) is -3.60. The van der Waals surface area contributed by atoms with Gasteiger partial charge in [0.1, 0.15) is 3.66 Å². The van der Waals surface area contributed by atoms with Crippen molar-refractivity contribution in [2.75, 3.05) is 0 Å². The highest BCUT2D eigenvalue weighted by molar-refractivity contribution is 9.11. The van der Waals surface area contributed by atoms with E-state index in [1.165, 1.54) is 11.3 Å². The molecule has 4 nitrogen and oxygen atoms in total. The fourth-order valence-corrected chi connectivity index (χ4v) is 3.63. The smallest absolute Gasteiger partial charge is 0.267 e. The minimum Gasteiger partial charge on any atom is -0.267 e.